The fourth-order valence-electron chi connectivity index (χ4n) is 3.28. The minimum atomic E-state index is -0.144. The molecule has 4 heterocycles. The molecule has 0 unspecified atom stereocenters. The summed E-state index contributed by atoms with van der Waals surface area (Å²) < 4.78 is 6.13. The van der Waals surface area contributed by atoms with Gasteiger partial charge in [0.1, 0.15) is 5.52 Å². The Bertz CT molecular complexity index is 1560. The number of imidazole rings is 2. The standard InChI is InChI=1S/C18H12BrN5O2S/c1-22-12-4-3-9(5-13(12)23(2)18(22)26)6-14-16(25)24-15-11(21-17(24)27-14)7-10(19)8-20-15/h3-8H,1-2H3/b14-6-. The Balaban J connectivity index is 1.75. The summed E-state index contributed by atoms with van der Waals surface area (Å²) >= 11 is 4.69. The third-order valence-electron chi connectivity index (χ3n) is 4.64. The molecule has 0 aliphatic rings. The average Bonchev–Trinajstić information content (AvgIpc) is 3.22. The van der Waals surface area contributed by atoms with Gasteiger partial charge >= 0.3 is 5.69 Å². The maximum atomic E-state index is 12.9. The Hall–Kier alpha value is -2.78. The van der Waals surface area contributed by atoms with Gasteiger partial charge in [0, 0.05) is 24.8 Å². The highest BCUT2D eigenvalue weighted by Crippen LogP contribution is 2.19. The highest BCUT2D eigenvalue weighted by atomic mass is 79.9. The van der Waals surface area contributed by atoms with Gasteiger partial charge in [-0.1, -0.05) is 17.4 Å². The Morgan fingerprint density at radius 1 is 1.11 bits per heavy atom. The van der Waals surface area contributed by atoms with Crippen LogP contribution in [0.25, 0.3) is 33.2 Å². The van der Waals surface area contributed by atoms with Crippen molar-refractivity contribution in [2.75, 3.05) is 0 Å². The molecular formula is C18H12BrN5O2S. The Morgan fingerprint density at radius 2 is 1.89 bits per heavy atom. The highest BCUT2D eigenvalue weighted by Gasteiger charge is 2.13. The molecule has 0 aliphatic carbocycles. The van der Waals surface area contributed by atoms with Gasteiger partial charge in [-0.2, -0.15) is 0 Å². The first-order valence-electron chi connectivity index (χ1n) is 8.08. The number of fused-ring (bicyclic) bond motifs is 4. The molecule has 0 N–H and O–H groups in total. The van der Waals surface area contributed by atoms with E-state index >= 15 is 0 Å². The zero-order chi connectivity index (χ0) is 18.9. The molecule has 0 bridgehead atoms. The summed E-state index contributed by atoms with van der Waals surface area (Å²) in [5, 5.41) is 0. The molecule has 0 amide bonds. The third kappa shape index (κ3) is 2.31. The zero-order valence-electron chi connectivity index (χ0n) is 14.3. The monoisotopic (exact) mass is 441 g/mol. The van der Waals surface area contributed by atoms with Crippen LogP contribution in [-0.2, 0) is 14.1 Å². The molecule has 4 aromatic heterocycles. The van der Waals surface area contributed by atoms with Crippen molar-refractivity contribution in [3.05, 3.63) is 65.9 Å². The molecule has 0 atom stereocenters. The van der Waals surface area contributed by atoms with E-state index < -0.39 is 0 Å². The van der Waals surface area contributed by atoms with E-state index in [9.17, 15) is 9.59 Å². The quantitative estimate of drug-likeness (QED) is 0.397. The average molecular weight is 442 g/mol. The smallest absolute Gasteiger partial charge is 0.295 e. The molecule has 0 spiro atoms. The summed E-state index contributed by atoms with van der Waals surface area (Å²) in [5.41, 5.74) is 3.53. The normalized spacial score (nSPS) is 12.8. The summed E-state index contributed by atoms with van der Waals surface area (Å²) in [5.74, 6) is 0. The number of rotatable bonds is 1. The zero-order valence-corrected chi connectivity index (χ0v) is 16.7. The lowest BCUT2D eigenvalue weighted by Crippen LogP contribution is -2.22. The summed E-state index contributed by atoms with van der Waals surface area (Å²) in [6.45, 7) is 0. The SMILES string of the molecule is Cn1c(=O)n(C)c2cc(/C=c3\sc4nc5cc(Br)cnc5n4c3=O)ccc21. The molecule has 5 rings (SSSR count). The highest BCUT2D eigenvalue weighted by molar-refractivity contribution is 9.10. The molecule has 0 fully saturated rings. The molecule has 0 aliphatic heterocycles. The van der Waals surface area contributed by atoms with Crippen molar-refractivity contribution in [2.24, 2.45) is 14.1 Å². The van der Waals surface area contributed by atoms with Gasteiger partial charge in [0.25, 0.3) is 5.56 Å². The van der Waals surface area contributed by atoms with Crippen molar-refractivity contribution >= 4 is 60.5 Å². The number of aryl methyl sites for hydroxylation is 2. The van der Waals surface area contributed by atoms with Crippen LogP contribution in [0.2, 0.25) is 0 Å². The van der Waals surface area contributed by atoms with Crippen LogP contribution in [-0.4, -0.2) is 23.5 Å². The lowest BCUT2D eigenvalue weighted by Gasteiger charge is -1.97. The number of benzene rings is 1. The summed E-state index contributed by atoms with van der Waals surface area (Å²) in [6, 6.07) is 7.54. The van der Waals surface area contributed by atoms with E-state index in [0.717, 1.165) is 21.1 Å². The van der Waals surface area contributed by atoms with Crippen LogP contribution in [0.15, 0.2) is 44.5 Å². The number of pyridine rings is 1. The van der Waals surface area contributed by atoms with Gasteiger partial charge in [0.2, 0.25) is 0 Å². The van der Waals surface area contributed by atoms with E-state index in [1.807, 2.05) is 30.3 Å². The first kappa shape index (κ1) is 16.4. The van der Waals surface area contributed by atoms with Gasteiger partial charge in [-0.15, -0.1) is 0 Å². The number of halogens is 1. The summed E-state index contributed by atoms with van der Waals surface area (Å²) in [7, 11) is 3.48. The first-order chi connectivity index (χ1) is 12.9. The maximum absolute atomic E-state index is 12.9. The molecule has 5 aromatic rings. The van der Waals surface area contributed by atoms with E-state index in [-0.39, 0.29) is 11.2 Å². The van der Waals surface area contributed by atoms with E-state index in [4.69, 9.17) is 0 Å². The van der Waals surface area contributed by atoms with Crippen molar-refractivity contribution < 1.29 is 0 Å². The molecule has 134 valence electrons. The van der Waals surface area contributed by atoms with Crippen LogP contribution in [0.5, 0.6) is 0 Å². The maximum Gasteiger partial charge on any atom is 0.328 e. The molecule has 1 aromatic carbocycles. The second-order valence-electron chi connectivity index (χ2n) is 6.29. The molecule has 0 saturated carbocycles. The van der Waals surface area contributed by atoms with Crippen LogP contribution >= 0.6 is 27.3 Å². The van der Waals surface area contributed by atoms with Gasteiger partial charge in [-0.25, -0.2) is 19.2 Å². The number of aromatic nitrogens is 5. The number of hydrogen-bond donors (Lipinski definition) is 0. The van der Waals surface area contributed by atoms with Crippen molar-refractivity contribution in [3.8, 4) is 0 Å². The lowest BCUT2D eigenvalue weighted by molar-refractivity contribution is 0.795. The molecule has 0 radical (unpaired) electrons. The molecule has 0 saturated heterocycles. The van der Waals surface area contributed by atoms with Gasteiger partial charge in [-0.05, 0) is 45.8 Å². The lowest BCUT2D eigenvalue weighted by atomic mass is 10.2. The van der Waals surface area contributed by atoms with Gasteiger partial charge < -0.3 is 0 Å². The first-order valence-corrected chi connectivity index (χ1v) is 9.69. The molecular weight excluding hydrogens is 430 g/mol. The molecule has 7 nitrogen and oxygen atoms in total. The predicted molar refractivity (Wildman–Crippen MR) is 109 cm³/mol. The third-order valence-corrected chi connectivity index (χ3v) is 6.04. The Labute approximate surface area is 163 Å². The minimum Gasteiger partial charge on any atom is -0.295 e. The Morgan fingerprint density at radius 3 is 2.70 bits per heavy atom. The molecule has 27 heavy (non-hydrogen) atoms. The molecule has 9 heteroatoms. The minimum absolute atomic E-state index is 0.0787. The van der Waals surface area contributed by atoms with E-state index in [0.29, 0.717) is 20.7 Å². The van der Waals surface area contributed by atoms with Gasteiger partial charge in [0.05, 0.1) is 15.6 Å². The largest absolute Gasteiger partial charge is 0.328 e. The van der Waals surface area contributed by atoms with E-state index in [1.165, 1.54) is 15.7 Å². The second kappa shape index (κ2) is 5.61. The topological polar surface area (TPSA) is 74.2 Å². The second-order valence-corrected chi connectivity index (χ2v) is 8.22. The van der Waals surface area contributed by atoms with Crippen LogP contribution in [0.1, 0.15) is 5.56 Å². The van der Waals surface area contributed by atoms with Crippen LogP contribution < -0.4 is 15.8 Å². The van der Waals surface area contributed by atoms with Crippen LogP contribution in [0.4, 0.5) is 0 Å². The van der Waals surface area contributed by atoms with Crippen molar-refractivity contribution in [2.45, 2.75) is 0 Å². The Kier molecular flexibility index (Phi) is 3.40. The van der Waals surface area contributed by atoms with Crippen LogP contribution in [0, 0.1) is 0 Å². The van der Waals surface area contributed by atoms with E-state index in [1.54, 1.807) is 29.4 Å². The van der Waals surface area contributed by atoms with E-state index in [2.05, 4.69) is 25.9 Å². The number of nitrogens with zero attached hydrogens (tertiary/aromatic N) is 5. The fourth-order valence-corrected chi connectivity index (χ4v) is 4.57. The van der Waals surface area contributed by atoms with Crippen molar-refractivity contribution in [1.82, 2.24) is 23.5 Å². The van der Waals surface area contributed by atoms with Crippen LogP contribution in [0.3, 0.4) is 0 Å². The van der Waals surface area contributed by atoms with Gasteiger partial charge in [0.15, 0.2) is 10.6 Å². The van der Waals surface area contributed by atoms with Gasteiger partial charge in [-0.3, -0.25) is 13.9 Å². The summed E-state index contributed by atoms with van der Waals surface area (Å²) in [6.07, 6.45) is 3.48. The predicted octanol–water partition coefficient (Wildman–Crippen LogP) is 1.80. The summed E-state index contributed by atoms with van der Waals surface area (Å²) in [4.78, 5) is 34.4. The number of hydrogen-bond acceptors (Lipinski definition) is 5. The van der Waals surface area contributed by atoms with Crippen molar-refractivity contribution in [3.63, 3.8) is 0 Å². The number of thiazole rings is 1. The fraction of sp³-hybridized carbons (Fsp3) is 0.111. The van der Waals surface area contributed by atoms with Crippen molar-refractivity contribution in [1.29, 1.82) is 0 Å².